The Morgan fingerprint density at radius 1 is 1.00 bits per heavy atom. The van der Waals surface area contributed by atoms with Gasteiger partial charge in [-0.15, -0.1) is 0 Å². The number of nitrogens with zero attached hydrogens (tertiary/aromatic N) is 2. The summed E-state index contributed by atoms with van der Waals surface area (Å²) in [6.45, 7) is 2.60. The number of anilines is 1. The Bertz CT molecular complexity index is 1050. The summed E-state index contributed by atoms with van der Waals surface area (Å²) in [7, 11) is 0. The highest BCUT2D eigenvalue weighted by Gasteiger charge is 2.13. The van der Waals surface area contributed by atoms with Gasteiger partial charge in [-0.3, -0.25) is 0 Å². The molecule has 0 saturated heterocycles. The number of aromatic nitrogens is 2. The number of halogens is 1. The SMILES string of the molecule is Cc1ccc(-c2nc3ccccc3n2Cc2ccc(F)cc2)cc1N. The van der Waals surface area contributed by atoms with Gasteiger partial charge in [0.15, 0.2) is 0 Å². The standard InChI is InChI=1S/C21H18FN3/c1-14-6-9-16(12-18(14)23)21-24-19-4-2-3-5-20(19)25(21)13-15-7-10-17(22)11-8-15/h2-12H,13,23H2,1H3. The normalized spacial score (nSPS) is 11.1. The van der Waals surface area contributed by atoms with Crippen LogP contribution < -0.4 is 5.73 Å². The van der Waals surface area contributed by atoms with Gasteiger partial charge < -0.3 is 10.3 Å². The van der Waals surface area contributed by atoms with E-state index in [1.807, 2.05) is 49.4 Å². The van der Waals surface area contributed by atoms with Gasteiger partial charge >= 0.3 is 0 Å². The molecular formula is C21H18FN3. The third-order valence-corrected chi connectivity index (χ3v) is 4.45. The molecule has 0 saturated carbocycles. The number of hydrogen-bond donors (Lipinski definition) is 1. The molecule has 3 nitrogen and oxygen atoms in total. The Morgan fingerprint density at radius 2 is 1.76 bits per heavy atom. The molecule has 0 bridgehead atoms. The van der Waals surface area contributed by atoms with Crippen LogP contribution in [0.1, 0.15) is 11.1 Å². The van der Waals surface area contributed by atoms with E-state index in [-0.39, 0.29) is 5.82 Å². The molecule has 1 heterocycles. The van der Waals surface area contributed by atoms with Crippen LogP contribution in [0.5, 0.6) is 0 Å². The van der Waals surface area contributed by atoms with Crippen LogP contribution in [0.15, 0.2) is 66.7 Å². The van der Waals surface area contributed by atoms with Crippen molar-refractivity contribution in [1.82, 2.24) is 9.55 Å². The minimum atomic E-state index is -0.231. The number of para-hydroxylation sites is 2. The van der Waals surface area contributed by atoms with E-state index in [1.54, 1.807) is 12.1 Å². The van der Waals surface area contributed by atoms with Crippen molar-refractivity contribution in [2.24, 2.45) is 0 Å². The maximum absolute atomic E-state index is 13.2. The second-order valence-electron chi connectivity index (χ2n) is 6.21. The highest BCUT2D eigenvalue weighted by atomic mass is 19.1. The number of fused-ring (bicyclic) bond motifs is 1. The second-order valence-corrected chi connectivity index (χ2v) is 6.21. The summed E-state index contributed by atoms with van der Waals surface area (Å²) in [5.74, 6) is 0.628. The molecule has 4 aromatic rings. The predicted octanol–water partition coefficient (Wildman–Crippen LogP) is 4.78. The summed E-state index contributed by atoms with van der Waals surface area (Å²) >= 11 is 0. The van der Waals surface area contributed by atoms with Crippen molar-refractivity contribution in [3.05, 3.63) is 83.7 Å². The molecule has 4 heteroatoms. The Kier molecular flexibility index (Phi) is 3.73. The lowest BCUT2D eigenvalue weighted by molar-refractivity contribution is 0.626. The van der Waals surface area contributed by atoms with E-state index < -0.39 is 0 Å². The largest absolute Gasteiger partial charge is 0.398 e. The summed E-state index contributed by atoms with van der Waals surface area (Å²) in [5, 5.41) is 0. The van der Waals surface area contributed by atoms with Crippen LogP contribution in [0.25, 0.3) is 22.4 Å². The fraction of sp³-hybridized carbons (Fsp3) is 0.0952. The zero-order chi connectivity index (χ0) is 17.4. The third kappa shape index (κ3) is 2.87. The molecular weight excluding hydrogens is 313 g/mol. The molecule has 0 radical (unpaired) electrons. The molecule has 25 heavy (non-hydrogen) atoms. The molecule has 3 aromatic carbocycles. The number of rotatable bonds is 3. The van der Waals surface area contributed by atoms with Crippen LogP contribution in [0.4, 0.5) is 10.1 Å². The molecule has 0 atom stereocenters. The summed E-state index contributed by atoms with van der Waals surface area (Å²) in [4.78, 5) is 4.80. The van der Waals surface area contributed by atoms with E-state index in [2.05, 4.69) is 4.57 Å². The second kappa shape index (κ2) is 6.06. The Morgan fingerprint density at radius 3 is 2.52 bits per heavy atom. The van der Waals surface area contributed by atoms with E-state index in [0.29, 0.717) is 6.54 Å². The Balaban J connectivity index is 1.88. The molecule has 0 spiro atoms. The minimum absolute atomic E-state index is 0.231. The topological polar surface area (TPSA) is 43.8 Å². The first kappa shape index (κ1) is 15.4. The maximum atomic E-state index is 13.2. The van der Waals surface area contributed by atoms with Gasteiger partial charge in [0.2, 0.25) is 0 Å². The number of imidazole rings is 1. The lowest BCUT2D eigenvalue weighted by atomic mass is 10.1. The highest BCUT2D eigenvalue weighted by Crippen LogP contribution is 2.28. The smallest absolute Gasteiger partial charge is 0.141 e. The molecule has 0 unspecified atom stereocenters. The van der Waals surface area contributed by atoms with Crippen molar-refractivity contribution in [2.45, 2.75) is 13.5 Å². The molecule has 0 amide bonds. The quantitative estimate of drug-likeness (QED) is 0.549. The Hall–Kier alpha value is -3.14. The van der Waals surface area contributed by atoms with Gasteiger partial charge in [-0.2, -0.15) is 0 Å². The van der Waals surface area contributed by atoms with Gasteiger partial charge in [0.25, 0.3) is 0 Å². The Labute approximate surface area is 145 Å². The monoisotopic (exact) mass is 331 g/mol. The number of nitrogens with two attached hydrogens (primary N) is 1. The first-order chi connectivity index (χ1) is 12.1. The first-order valence-electron chi connectivity index (χ1n) is 8.18. The van der Waals surface area contributed by atoms with Gasteiger partial charge in [-0.05, 0) is 48.4 Å². The summed E-state index contributed by atoms with van der Waals surface area (Å²) in [6, 6.07) is 20.6. The van der Waals surface area contributed by atoms with E-state index in [9.17, 15) is 4.39 Å². The fourth-order valence-corrected chi connectivity index (χ4v) is 3.01. The van der Waals surface area contributed by atoms with Crippen molar-refractivity contribution in [3.63, 3.8) is 0 Å². The zero-order valence-corrected chi connectivity index (χ0v) is 13.9. The van der Waals surface area contributed by atoms with Crippen molar-refractivity contribution >= 4 is 16.7 Å². The van der Waals surface area contributed by atoms with E-state index >= 15 is 0 Å². The van der Waals surface area contributed by atoms with Crippen LogP contribution in [0.2, 0.25) is 0 Å². The summed E-state index contributed by atoms with van der Waals surface area (Å²) in [6.07, 6.45) is 0. The van der Waals surface area contributed by atoms with Crippen molar-refractivity contribution in [3.8, 4) is 11.4 Å². The zero-order valence-electron chi connectivity index (χ0n) is 13.9. The summed E-state index contributed by atoms with van der Waals surface area (Å²) < 4.78 is 15.4. The maximum Gasteiger partial charge on any atom is 0.141 e. The van der Waals surface area contributed by atoms with Crippen LogP contribution in [-0.4, -0.2) is 9.55 Å². The van der Waals surface area contributed by atoms with Crippen LogP contribution in [-0.2, 0) is 6.54 Å². The van der Waals surface area contributed by atoms with Crippen molar-refractivity contribution in [2.75, 3.05) is 5.73 Å². The molecule has 1 aromatic heterocycles. The number of hydrogen-bond acceptors (Lipinski definition) is 2. The molecule has 4 rings (SSSR count). The van der Waals surface area contributed by atoms with Crippen LogP contribution in [0.3, 0.4) is 0 Å². The summed E-state index contributed by atoms with van der Waals surface area (Å²) in [5.41, 5.74) is 11.9. The first-order valence-corrected chi connectivity index (χ1v) is 8.18. The minimum Gasteiger partial charge on any atom is -0.398 e. The number of benzene rings is 3. The highest BCUT2D eigenvalue weighted by molar-refractivity contribution is 5.81. The molecule has 0 aliphatic carbocycles. The lowest BCUT2D eigenvalue weighted by Crippen LogP contribution is -2.03. The van der Waals surface area contributed by atoms with E-state index in [1.165, 1.54) is 12.1 Å². The molecule has 2 N–H and O–H groups in total. The van der Waals surface area contributed by atoms with Gasteiger partial charge in [0.05, 0.1) is 11.0 Å². The average Bonchev–Trinajstić information content (AvgIpc) is 2.98. The molecule has 0 fully saturated rings. The fourth-order valence-electron chi connectivity index (χ4n) is 3.01. The third-order valence-electron chi connectivity index (χ3n) is 4.45. The van der Waals surface area contributed by atoms with Gasteiger partial charge in [0.1, 0.15) is 11.6 Å². The predicted molar refractivity (Wildman–Crippen MR) is 99.8 cm³/mol. The van der Waals surface area contributed by atoms with Gasteiger partial charge in [-0.1, -0.05) is 36.4 Å². The van der Waals surface area contributed by atoms with Crippen molar-refractivity contribution < 1.29 is 4.39 Å². The van der Waals surface area contributed by atoms with Crippen LogP contribution >= 0.6 is 0 Å². The molecule has 124 valence electrons. The van der Waals surface area contributed by atoms with Gasteiger partial charge in [-0.25, -0.2) is 9.37 Å². The number of aryl methyl sites for hydroxylation is 1. The number of nitrogen functional groups attached to an aromatic ring is 1. The van der Waals surface area contributed by atoms with E-state index in [4.69, 9.17) is 10.7 Å². The van der Waals surface area contributed by atoms with Crippen LogP contribution in [0, 0.1) is 12.7 Å². The molecule has 0 aliphatic rings. The average molecular weight is 331 g/mol. The van der Waals surface area contributed by atoms with Gasteiger partial charge in [0, 0.05) is 17.8 Å². The van der Waals surface area contributed by atoms with E-state index in [0.717, 1.165) is 39.2 Å². The molecule has 0 aliphatic heterocycles. The lowest BCUT2D eigenvalue weighted by Gasteiger charge is -2.11. The van der Waals surface area contributed by atoms with Crippen molar-refractivity contribution in [1.29, 1.82) is 0 Å².